The molecule has 0 amide bonds. The van der Waals surface area contributed by atoms with Crippen LogP contribution in [0.4, 0.5) is 0 Å². The van der Waals surface area contributed by atoms with Crippen molar-refractivity contribution in [1.82, 2.24) is 0 Å². The maximum atomic E-state index is 11.4. The molecule has 0 aromatic carbocycles. The van der Waals surface area contributed by atoms with Gasteiger partial charge in [0.25, 0.3) is 0 Å². The molecule has 0 atom stereocenters. The lowest BCUT2D eigenvalue weighted by Crippen LogP contribution is -2.33. The van der Waals surface area contributed by atoms with Crippen LogP contribution in [-0.4, -0.2) is 11.6 Å². The molecule has 2 heteroatoms. The van der Waals surface area contributed by atoms with Crippen molar-refractivity contribution in [1.29, 1.82) is 0 Å². The van der Waals surface area contributed by atoms with Crippen molar-refractivity contribution in [3.63, 3.8) is 0 Å². The fourth-order valence-corrected chi connectivity index (χ4v) is 1.93. The van der Waals surface area contributed by atoms with E-state index in [1.807, 2.05) is 6.92 Å². The molecule has 0 aliphatic heterocycles. The zero-order chi connectivity index (χ0) is 8.06. The van der Waals surface area contributed by atoms with Crippen LogP contribution in [0.3, 0.4) is 0 Å². The number of hydrogen-bond acceptors (Lipinski definition) is 2. The van der Waals surface area contributed by atoms with Crippen molar-refractivity contribution in [2.24, 2.45) is 11.3 Å². The Kier molecular flexibility index (Phi) is 1.23. The second kappa shape index (κ2) is 1.93. The van der Waals surface area contributed by atoms with Crippen LogP contribution in [0.5, 0.6) is 0 Å². The molecule has 2 aliphatic rings. The molecular formula is C9H12O2. The highest BCUT2D eigenvalue weighted by molar-refractivity contribution is 6.11. The van der Waals surface area contributed by atoms with Crippen molar-refractivity contribution >= 4 is 11.6 Å². The lowest BCUT2D eigenvalue weighted by Gasteiger charge is -2.22. The fourth-order valence-electron chi connectivity index (χ4n) is 1.93. The van der Waals surface area contributed by atoms with Gasteiger partial charge in [0.1, 0.15) is 11.6 Å². The average molecular weight is 152 g/mol. The van der Waals surface area contributed by atoms with Gasteiger partial charge in [0, 0.05) is 12.8 Å². The van der Waals surface area contributed by atoms with E-state index >= 15 is 0 Å². The van der Waals surface area contributed by atoms with E-state index in [2.05, 4.69) is 0 Å². The summed E-state index contributed by atoms with van der Waals surface area (Å²) in [4.78, 5) is 22.8. The highest BCUT2D eigenvalue weighted by Crippen LogP contribution is 2.52. The normalized spacial score (nSPS) is 29.5. The monoisotopic (exact) mass is 152 g/mol. The summed E-state index contributed by atoms with van der Waals surface area (Å²) in [7, 11) is 0. The predicted molar refractivity (Wildman–Crippen MR) is 40.1 cm³/mol. The molecule has 2 rings (SSSR count). The number of rotatable bonds is 0. The minimum absolute atomic E-state index is 0.209. The summed E-state index contributed by atoms with van der Waals surface area (Å²) < 4.78 is 0. The van der Waals surface area contributed by atoms with Crippen molar-refractivity contribution in [2.75, 3.05) is 0 Å². The van der Waals surface area contributed by atoms with Crippen molar-refractivity contribution < 1.29 is 9.59 Å². The maximum Gasteiger partial charge on any atom is 0.146 e. The molecule has 0 radical (unpaired) electrons. The van der Waals surface area contributed by atoms with E-state index in [0.29, 0.717) is 18.8 Å². The summed E-state index contributed by atoms with van der Waals surface area (Å²) in [5.41, 5.74) is -0.452. The third kappa shape index (κ3) is 0.849. The van der Waals surface area contributed by atoms with Gasteiger partial charge >= 0.3 is 0 Å². The van der Waals surface area contributed by atoms with Crippen LogP contribution >= 0.6 is 0 Å². The van der Waals surface area contributed by atoms with Crippen LogP contribution in [-0.2, 0) is 9.59 Å². The van der Waals surface area contributed by atoms with Crippen molar-refractivity contribution in [2.45, 2.75) is 32.6 Å². The van der Waals surface area contributed by atoms with Gasteiger partial charge in [0.15, 0.2) is 0 Å². The van der Waals surface area contributed by atoms with Crippen LogP contribution in [0.2, 0.25) is 0 Å². The molecule has 0 aromatic rings. The second-order valence-electron chi connectivity index (χ2n) is 3.94. The van der Waals surface area contributed by atoms with E-state index in [9.17, 15) is 9.59 Å². The molecule has 1 spiro atoms. The summed E-state index contributed by atoms with van der Waals surface area (Å²) in [5.74, 6) is 0.712. The maximum absolute atomic E-state index is 11.4. The smallest absolute Gasteiger partial charge is 0.146 e. The highest BCUT2D eigenvalue weighted by Gasteiger charge is 2.57. The van der Waals surface area contributed by atoms with Crippen molar-refractivity contribution in [3.8, 4) is 0 Å². The summed E-state index contributed by atoms with van der Waals surface area (Å²) in [6, 6.07) is 0. The van der Waals surface area contributed by atoms with E-state index in [4.69, 9.17) is 0 Å². The SMILES string of the molecule is CC1CC(=O)C2(CC2)C(=O)C1. The Morgan fingerprint density at radius 3 is 2.00 bits per heavy atom. The molecule has 2 nitrogen and oxygen atoms in total. The van der Waals surface area contributed by atoms with Gasteiger partial charge in [-0.25, -0.2) is 0 Å². The molecule has 0 aromatic heterocycles. The number of carbonyl (C=O) groups is 2. The first-order chi connectivity index (χ1) is 5.15. The summed E-state index contributed by atoms with van der Waals surface area (Å²) in [5, 5.41) is 0. The number of hydrogen-bond donors (Lipinski definition) is 0. The molecule has 0 unspecified atom stereocenters. The fraction of sp³-hybridized carbons (Fsp3) is 0.778. The summed E-state index contributed by atoms with van der Waals surface area (Å²) in [6.07, 6.45) is 2.92. The Balaban J connectivity index is 2.23. The van der Waals surface area contributed by atoms with Crippen LogP contribution < -0.4 is 0 Å². The minimum atomic E-state index is -0.452. The molecule has 0 bridgehead atoms. The van der Waals surface area contributed by atoms with Crippen molar-refractivity contribution in [3.05, 3.63) is 0 Å². The quantitative estimate of drug-likeness (QED) is 0.491. The number of ketones is 2. The molecule has 2 saturated carbocycles. The lowest BCUT2D eigenvalue weighted by atomic mass is 9.78. The third-order valence-electron chi connectivity index (χ3n) is 2.89. The van der Waals surface area contributed by atoms with E-state index in [1.165, 1.54) is 0 Å². The van der Waals surface area contributed by atoms with Gasteiger partial charge in [0.2, 0.25) is 0 Å². The van der Waals surface area contributed by atoms with E-state index < -0.39 is 5.41 Å². The first kappa shape index (κ1) is 7.01. The molecule has 0 N–H and O–H groups in total. The van der Waals surface area contributed by atoms with E-state index in [1.54, 1.807) is 0 Å². The van der Waals surface area contributed by atoms with Gasteiger partial charge in [-0.3, -0.25) is 9.59 Å². The first-order valence-corrected chi connectivity index (χ1v) is 4.22. The van der Waals surface area contributed by atoms with Gasteiger partial charge in [-0.2, -0.15) is 0 Å². The topological polar surface area (TPSA) is 34.1 Å². The molecule has 60 valence electrons. The average Bonchev–Trinajstić information content (AvgIpc) is 2.62. The van der Waals surface area contributed by atoms with E-state index in [0.717, 1.165) is 12.8 Å². The van der Waals surface area contributed by atoms with Gasteiger partial charge < -0.3 is 0 Å². The standard InChI is InChI=1S/C9H12O2/c1-6-4-7(10)9(2-3-9)8(11)5-6/h6H,2-5H2,1H3. The Bertz CT molecular complexity index is 206. The molecule has 11 heavy (non-hydrogen) atoms. The molecule has 2 fully saturated rings. The van der Waals surface area contributed by atoms with Crippen LogP contribution in [0.1, 0.15) is 32.6 Å². The molecule has 0 heterocycles. The summed E-state index contributed by atoms with van der Waals surface area (Å²) in [6.45, 7) is 1.98. The predicted octanol–water partition coefficient (Wildman–Crippen LogP) is 1.33. The zero-order valence-electron chi connectivity index (χ0n) is 6.72. The number of carbonyl (C=O) groups excluding carboxylic acids is 2. The lowest BCUT2D eigenvalue weighted by molar-refractivity contribution is -0.139. The van der Waals surface area contributed by atoms with Crippen LogP contribution in [0.25, 0.3) is 0 Å². The zero-order valence-corrected chi connectivity index (χ0v) is 6.72. The first-order valence-electron chi connectivity index (χ1n) is 4.22. The Labute approximate surface area is 66.0 Å². The van der Waals surface area contributed by atoms with Gasteiger partial charge in [-0.05, 0) is 18.8 Å². The Morgan fingerprint density at radius 1 is 1.18 bits per heavy atom. The minimum Gasteiger partial charge on any atom is -0.299 e. The summed E-state index contributed by atoms with van der Waals surface area (Å²) >= 11 is 0. The molecular weight excluding hydrogens is 140 g/mol. The molecule has 0 saturated heterocycles. The van der Waals surface area contributed by atoms with Gasteiger partial charge in [-0.15, -0.1) is 0 Å². The Morgan fingerprint density at radius 2 is 1.64 bits per heavy atom. The number of Topliss-reactive ketones (excluding diaryl/α,β-unsaturated/α-hetero) is 2. The van der Waals surface area contributed by atoms with E-state index in [-0.39, 0.29) is 11.6 Å². The van der Waals surface area contributed by atoms with Gasteiger partial charge in [-0.1, -0.05) is 6.92 Å². The van der Waals surface area contributed by atoms with Crippen LogP contribution in [0.15, 0.2) is 0 Å². The highest BCUT2D eigenvalue weighted by atomic mass is 16.2. The third-order valence-corrected chi connectivity index (χ3v) is 2.89. The second-order valence-corrected chi connectivity index (χ2v) is 3.94. The largest absolute Gasteiger partial charge is 0.299 e. The Hall–Kier alpha value is -0.660. The van der Waals surface area contributed by atoms with Gasteiger partial charge in [0.05, 0.1) is 5.41 Å². The molecule has 2 aliphatic carbocycles. The van der Waals surface area contributed by atoms with Crippen LogP contribution in [0, 0.1) is 11.3 Å².